The van der Waals surface area contributed by atoms with Crippen LogP contribution in [0.5, 0.6) is 0 Å². The lowest BCUT2D eigenvalue weighted by atomic mass is 9.98. The molecule has 0 saturated carbocycles. The molecule has 23 heavy (non-hydrogen) atoms. The molecule has 5 heteroatoms. The summed E-state index contributed by atoms with van der Waals surface area (Å²) in [4.78, 5) is 18.9. The Kier molecular flexibility index (Phi) is 5.73. The lowest BCUT2D eigenvalue weighted by Gasteiger charge is -2.32. The highest BCUT2D eigenvalue weighted by molar-refractivity contribution is 9.10. The topological polar surface area (TPSA) is 33.2 Å². The van der Waals surface area contributed by atoms with Gasteiger partial charge in [-0.2, -0.15) is 0 Å². The quantitative estimate of drug-likeness (QED) is 0.721. The van der Waals surface area contributed by atoms with E-state index in [4.69, 9.17) is 0 Å². The van der Waals surface area contributed by atoms with E-state index >= 15 is 0 Å². The van der Waals surface area contributed by atoms with Crippen LogP contribution in [0.1, 0.15) is 23.2 Å². The minimum Gasteiger partial charge on any atom is -0.339 e. The molecule has 1 aromatic heterocycles. The van der Waals surface area contributed by atoms with Crippen molar-refractivity contribution in [1.29, 1.82) is 0 Å². The molecule has 0 aliphatic carbocycles. The van der Waals surface area contributed by atoms with Crippen LogP contribution in [-0.4, -0.2) is 34.6 Å². The molecule has 1 aliphatic rings. The minimum absolute atomic E-state index is 0.133. The van der Waals surface area contributed by atoms with Gasteiger partial charge in [-0.1, -0.05) is 18.2 Å². The summed E-state index contributed by atoms with van der Waals surface area (Å²) in [5, 5.41) is 1.08. The molecule has 1 aromatic carbocycles. The molecule has 3 rings (SSSR count). The number of hydrogen-bond donors (Lipinski definition) is 0. The van der Waals surface area contributed by atoms with Crippen molar-refractivity contribution in [2.24, 2.45) is 5.92 Å². The number of amides is 1. The first-order valence-corrected chi connectivity index (χ1v) is 9.59. The van der Waals surface area contributed by atoms with Crippen molar-refractivity contribution in [1.82, 2.24) is 9.88 Å². The van der Waals surface area contributed by atoms with Gasteiger partial charge in [0.25, 0.3) is 5.91 Å². The Labute approximate surface area is 149 Å². The molecule has 1 fully saturated rings. The second kappa shape index (κ2) is 7.97. The summed E-state index contributed by atoms with van der Waals surface area (Å²) in [6, 6.07) is 13.7. The third kappa shape index (κ3) is 4.36. The zero-order chi connectivity index (χ0) is 16.1. The second-order valence-corrected chi connectivity index (χ2v) is 7.59. The maximum Gasteiger partial charge on any atom is 0.254 e. The van der Waals surface area contributed by atoms with Crippen molar-refractivity contribution in [3.8, 4) is 0 Å². The van der Waals surface area contributed by atoms with Crippen molar-refractivity contribution < 1.29 is 4.79 Å². The van der Waals surface area contributed by atoms with E-state index in [2.05, 4.69) is 27.0 Å². The van der Waals surface area contributed by atoms with Gasteiger partial charge in [0.15, 0.2) is 0 Å². The molecule has 2 heterocycles. The van der Waals surface area contributed by atoms with Crippen LogP contribution in [0.15, 0.2) is 58.2 Å². The Bertz CT molecular complexity index is 657. The standard InChI is InChI=1S/C18H19BrN2OS/c19-16-6-2-1-5-15(16)18(22)21-11-8-14(9-12-21)13-23-17-7-3-4-10-20-17/h1-7,10,14H,8-9,11-13H2. The number of halogens is 1. The first-order chi connectivity index (χ1) is 11.2. The summed E-state index contributed by atoms with van der Waals surface area (Å²) in [6.45, 7) is 1.68. The Morgan fingerprint density at radius 3 is 2.61 bits per heavy atom. The highest BCUT2D eigenvalue weighted by Gasteiger charge is 2.24. The predicted octanol–water partition coefficient (Wildman–Crippen LogP) is 4.49. The lowest BCUT2D eigenvalue weighted by molar-refractivity contribution is 0.0697. The second-order valence-electron chi connectivity index (χ2n) is 5.69. The Morgan fingerprint density at radius 2 is 1.91 bits per heavy atom. The molecule has 0 spiro atoms. The van der Waals surface area contributed by atoms with Crippen molar-refractivity contribution in [3.63, 3.8) is 0 Å². The number of carbonyl (C=O) groups is 1. The van der Waals surface area contributed by atoms with E-state index in [1.807, 2.05) is 59.3 Å². The summed E-state index contributed by atoms with van der Waals surface area (Å²) in [5.41, 5.74) is 0.758. The van der Waals surface area contributed by atoms with Gasteiger partial charge in [-0.15, -0.1) is 11.8 Å². The molecular formula is C18H19BrN2OS. The van der Waals surface area contributed by atoms with E-state index < -0.39 is 0 Å². The van der Waals surface area contributed by atoms with Crippen LogP contribution in [0, 0.1) is 5.92 Å². The minimum atomic E-state index is 0.133. The van der Waals surface area contributed by atoms with Crippen LogP contribution in [0.3, 0.4) is 0 Å². The zero-order valence-electron chi connectivity index (χ0n) is 12.8. The average molecular weight is 391 g/mol. The molecule has 3 nitrogen and oxygen atoms in total. The Balaban J connectivity index is 1.50. The molecular weight excluding hydrogens is 372 g/mol. The van der Waals surface area contributed by atoms with Gasteiger partial charge >= 0.3 is 0 Å². The SMILES string of the molecule is O=C(c1ccccc1Br)N1CCC(CSc2ccccn2)CC1. The fraction of sp³-hybridized carbons (Fsp3) is 0.333. The zero-order valence-corrected chi connectivity index (χ0v) is 15.2. The molecule has 1 aliphatic heterocycles. The van der Waals surface area contributed by atoms with E-state index in [0.29, 0.717) is 5.92 Å². The number of carbonyl (C=O) groups excluding carboxylic acids is 1. The van der Waals surface area contributed by atoms with E-state index in [-0.39, 0.29) is 5.91 Å². The number of pyridine rings is 1. The van der Waals surface area contributed by atoms with Gasteiger partial charge in [-0.25, -0.2) is 4.98 Å². The maximum absolute atomic E-state index is 12.6. The summed E-state index contributed by atoms with van der Waals surface area (Å²) in [5.74, 6) is 1.87. The van der Waals surface area contributed by atoms with Crippen LogP contribution in [0.4, 0.5) is 0 Å². The van der Waals surface area contributed by atoms with Crippen LogP contribution in [0.25, 0.3) is 0 Å². The number of benzene rings is 1. The fourth-order valence-corrected chi connectivity index (χ4v) is 4.25. The average Bonchev–Trinajstić information content (AvgIpc) is 2.61. The fourth-order valence-electron chi connectivity index (χ4n) is 2.74. The van der Waals surface area contributed by atoms with Gasteiger partial charge in [0, 0.05) is 29.5 Å². The van der Waals surface area contributed by atoms with E-state index in [1.165, 1.54) is 0 Å². The highest BCUT2D eigenvalue weighted by atomic mass is 79.9. The van der Waals surface area contributed by atoms with Crippen molar-refractivity contribution in [2.75, 3.05) is 18.8 Å². The van der Waals surface area contributed by atoms with Gasteiger partial charge in [0.1, 0.15) is 0 Å². The van der Waals surface area contributed by atoms with Crippen LogP contribution in [0.2, 0.25) is 0 Å². The summed E-state index contributed by atoms with van der Waals surface area (Å²) in [6.07, 6.45) is 3.97. The third-order valence-corrected chi connectivity index (χ3v) is 5.98. The molecule has 0 bridgehead atoms. The molecule has 0 N–H and O–H groups in total. The smallest absolute Gasteiger partial charge is 0.254 e. The molecule has 0 atom stereocenters. The van der Waals surface area contributed by atoms with E-state index in [0.717, 1.165) is 46.7 Å². The number of piperidine rings is 1. The Morgan fingerprint density at radius 1 is 1.17 bits per heavy atom. The van der Waals surface area contributed by atoms with Gasteiger partial charge in [0.05, 0.1) is 10.6 Å². The van der Waals surface area contributed by atoms with Gasteiger partial charge in [0.2, 0.25) is 0 Å². The maximum atomic E-state index is 12.6. The highest BCUT2D eigenvalue weighted by Crippen LogP contribution is 2.27. The molecule has 0 radical (unpaired) electrons. The molecule has 1 saturated heterocycles. The summed E-state index contributed by atoms with van der Waals surface area (Å²) < 4.78 is 0.873. The number of likely N-dealkylation sites (tertiary alicyclic amines) is 1. The number of rotatable bonds is 4. The number of nitrogens with zero attached hydrogens (tertiary/aromatic N) is 2. The van der Waals surface area contributed by atoms with Gasteiger partial charge < -0.3 is 4.90 Å². The summed E-state index contributed by atoms with van der Waals surface area (Å²) in [7, 11) is 0. The lowest BCUT2D eigenvalue weighted by Crippen LogP contribution is -2.39. The van der Waals surface area contributed by atoms with Crippen molar-refractivity contribution >= 4 is 33.6 Å². The molecule has 120 valence electrons. The number of hydrogen-bond acceptors (Lipinski definition) is 3. The third-order valence-electron chi connectivity index (χ3n) is 4.11. The Hall–Kier alpha value is -1.33. The van der Waals surface area contributed by atoms with Crippen LogP contribution < -0.4 is 0 Å². The molecule has 0 unspecified atom stereocenters. The van der Waals surface area contributed by atoms with Gasteiger partial charge in [-0.3, -0.25) is 4.79 Å². The molecule has 2 aromatic rings. The van der Waals surface area contributed by atoms with Crippen LogP contribution in [-0.2, 0) is 0 Å². The number of aromatic nitrogens is 1. The molecule has 1 amide bonds. The first kappa shape index (κ1) is 16.5. The largest absolute Gasteiger partial charge is 0.339 e. The predicted molar refractivity (Wildman–Crippen MR) is 97.7 cm³/mol. The van der Waals surface area contributed by atoms with Crippen LogP contribution >= 0.6 is 27.7 Å². The first-order valence-electron chi connectivity index (χ1n) is 7.81. The summed E-state index contributed by atoms with van der Waals surface area (Å²) >= 11 is 5.28. The van der Waals surface area contributed by atoms with Gasteiger partial charge in [-0.05, 0) is 59.0 Å². The van der Waals surface area contributed by atoms with E-state index in [1.54, 1.807) is 0 Å². The number of thioether (sulfide) groups is 1. The van der Waals surface area contributed by atoms with Crippen molar-refractivity contribution in [2.45, 2.75) is 17.9 Å². The normalized spacial score (nSPS) is 15.6. The van der Waals surface area contributed by atoms with Crippen molar-refractivity contribution in [3.05, 3.63) is 58.7 Å². The van der Waals surface area contributed by atoms with E-state index in [9.17, 15) is 4.79 Å². The monoisotopic (exact) mass is 390 g/mol.